The molecule has 2 N–H and O–H groups in total. The summed E-state index contributed by atoms with van der Waals surface area (Å²) in [4.78, 5) is 12.2. The summed E-state index contributed by atoms with van der Waals surface area (Å²) in [5, 5.41) is 12.9. The third-order valence-electron chi connectivity index (χ3n) is 5.11. The molecule has 0 heterocycles. The van der Waals surface area contributed by atoms with Gasteiger partial charge in [-0.15, -0.1) is 0 Å². The van der Waals surface area contributed by atoms with Crippen LogP contribution in [-0.4, -0.2) is 23.7 Å². The topological polar surface area (TPSA) is 49.3 Å². The Morgan fingerprint density at radius 1 is 1.21 bits per heavy atom. The molecule has 3 nitrogen and oxygen atoms in total. The van der Waals surface area contributed by atoms with Crippen LogP contribution in [0.4, 0.5) is 0 Å². The SMILES string of the molecule is CCC(CC1CCCC1)C(=O)NCC1CCCC1O. The fourth-order valence-corrected chi connectivity index (χ4v) is 3.74. The molecule has 2 saturated carbocycles. The van der Waals surface area contributed by atoms with Crippen LogP contribution in [0.15, 0.2) is 0 Å². The molecule has 2 aliphatic carbocycles. The summed E-state index contributed by atoms with van der Waals surface area (Å²) >= 11 is 0. The highest BCUT2D eigenvalue weighted by Gasteiger charge is 2.27. The molecule has 19 heavy (non-hydrogen) atoms. The zero-order valence-electron chi connectivity index (χ0n) is 12.2. The van der Waals surface area contributed by atoms with E-state index in [1.54, 1.807) is 0 Å². The van der Waals surface area contributed by atoms with Gasteiger partial charge in [-0.05, 0) is 31.6 Å². The Hall–Kier alpha value is -0.570. The van der Waals surface area contributed by atoms with Gasteiger partial charge in [0.05, 0.1) is 6.10 Å². The van der Waals surface area contributed by atoms with Crippen molar-refractivity contribution >= 4 is 5.91 Å². The average Bonchev–Trinajstić information content (AvgIpc) is 3.04. The average molecular weight is 267 g/mol. The lowest BCUT2D eigenvalue weighted by Gasteiger charge is -2.21. The highest BCUT2D eigenvalue weighted by Crippen LogP contribution is 2.31. The van der Waals surface area contributed by atoms with Crippen molar-refractivity contribution < 1.29 is 9.90 Å². The molecule has 0 radical (unpaired) electrons. The second-order valence-corrected chi connectivity index (χ2v) is 6.49. The Morgan fingerprint density at radius 2 is 1.95 bits per heavy atom. The van der Waals surface area contributed by atoms with Crippen molar-refractivity contribution in [3.8, 4) is 0 Å². The summed E-state index contributed by atoms with van der Waals surface area (Å²) in [6, 6.07) is 0. The highest BCUT2D eigenvalue weighted by molar-refractivity contribution is 5.78. The maximum Gasteiger partial charge on any atom is 0.223 e. The summed E-state index contributed by atoms with van der Waals surface area (Å²) in [5.74, 6) is 1.45. The zero-order chi connectivity index (χ0) is 13.7. The van der Waals surface area contributed by atoms with Gasteiger partial charge >= 0.3 is 0 Å². The minimum Gasteiger partial charge on any atom is -0.393 e. The Bertz CT molecular complexity index is 286. The number of amides is 1. The number of carbonyl (C=O) groups excluding carboxylic acids is 1. The molecule has 2 aliphatic rings. The Balaban J connectivity index is 1.72. The maximum atomic E-state index is 12.2. The number of aliphatic hydroxyl groups excluding tert-OH is 1. The van der Waals surface area contributed by atoms with Gasteiger partial charge in [0, 0.05) is 18.4 Å². The molecule has 0 aromatic rings. The van der Waals surface area contributed by atoms with E-state index in [0.717, 1.165) is 38.0 Å². The largest absolute Gasteiger partial charge is 0.393 e. The summed E-state index contributed by atoms with van der Waals surface area (Å²) in [7, 11) is 0. The van der Waals surface area contributed by atoms with Crippen LogP contribution in [0.25, 0.3) is 0 Å². The quantitative estimate of drug-likeness (QED) is 0.777. The fraction of sp³-hybridized carbons (Fsp3) is 0.938. The molecular weight excluding hydrogens is 238 g/mol. The van der Waals surface area contributed by atoms with Gasteiger partial charge in [-0.1, -0.05) is 39.0 Å². The summed E-state index contributed by atoms with van der Waals surface area (Å²) < 4.78 is 0. The van der Waals surface area contributed by atoms with Crippen molar-refractivity contribution in [1.82, 2.24) is 5.32 Å². The van der Waals surface area contributed by atoms with Crippen molar-refractivity contribution in [3.63, 3.8) is 0 Å². The van der Waals surface area contributed by atoms with Gasteiger partial charge in [-0.2, -0.15) is 0 Å². The first-order valence-corrected chi connectivity index (χ1v) is 8.16. The third kappa shape index (κ3) is 4.20. The van der Waals surface area contributed by atoms with Crippen molar-refractivity contribution in [2.24, 2.45) is 17.8 Å². The van der Waals surface area contributed by atoms with Crippen molar-refractivity contribution in [2.45, 2.75) is 70.8 Å². The van der Waals surface area contributed by atoms with Gasteiger partial charge in [0.1, 0.15) is 0 Å². The van der Waals surface area contributed by atoms with Crippen LogP contribution < -0.4 is 5.32 Å². The standard InChI is InChI=1S/C16H29NO2/c1-2-13(10-12-6-3-4-7-12)16(19)17-11-14-8-5-9-15(14)18/h12-15,18H,2-11H2,1H3,(H,17,19). The van der Waals surface area contributed by atoms with Crippen molar-refractivity contribution in [3.05, 3.63) is 0 Å². The molecule has 110 valence electrons. The summed E-state index contributed by atoms with van der Waals surface area (Å²) in [5.41, 5.74) is 0. The smallest absolute Gasteiger partial charge is 0.223 e. The lowest BCUT2D eigenvalue weighted by molar-refractivity contribution is -0.126. The molecule has 0 spiro atoms. The van der Waals surface area contributed by atoms with E-state index in [1.165, 1.54) is 25.7 Å². The third-order valence-corrected chi connectivity index (χ3v) is 5.11. The van der Waals surface area contributed by atoms with E-state index >= 15 is 0 Å². The molecule has 0 aromatic carbocycles. The molecular formula is C16H29NO2. The Kier molecular flexibility index (Phi) is 5.68. The van der Waals surface area contributed by atoms with E-state index in [-0.39, 0.29) is 23.8 Å². The number of hydrogen-bond donors (Lipinski definition) is 2. The van der Waals surface area contributed by atoms with Crippen LogP contribution in [0.3, 0.4) is 0 Å². The normalized spacial score (nSPS) is 29.6. The number of aliphatic hydroxyl groups is 1. The lowest BCUT2D eigenvalue weighted by atomic mass is 9.90. The maximum absolute atomic E-state index is 12.2. The van der Waals surface area contributed by atoms with Crippen LogP contribution in [-0.2, 0) is 4.79 Å². The molecule has 3 heteroatoms. The van der Waals surface area contributed by atoms with Gasteiger partial charge < -0.3 is 10.4 Å². The first-order valence-electron chi connectivity index (χ1n) is 8.16. The van der Waals surface area contributed by atoms with E-state index in [4.69, 9.17) is 0 Å². The molecule has 2 rings (SSSR count). The predicted molar refractivity (Wildman–Crippen MR) is 76.7 cm³/mol. The van der Waals surface area contributed by atoms with Crippen LogP contribution in [0.2, 0.25) is 0 Å². The monoisotopic (exact) mass is 267 g/mol. The second-order valence-electron chi connectivity index (χ2n) is 6.49. The number of hydrogen-bond acceptors (Lipinski definition) is 2. The molecule has 0 saturated heterocycles. The van der Waals surface area contributed by atoms with Gasteiger partial charge in [-0.25, -0.2) is 0 Å². The molecule has 0 aromatic heterocycles. The first-order chi connectivity index (χ1) is 9.20. The molecule has 1 amide bonds. The van der Waals surface area contributed by atoms with Gasteiger partial charge in [-0.3, -0.25) is 4.79 Å². The molecule has 3 unspecified atom stereocenters. The second kappa shape index (κ2) is 7.28. The first kappa shape index (κ1) is 14.8. The van der Waals surface area contributed by atoms with Gasteiger partial charge in [0.15, 0.2) is 0 Å². The minimum absolute atomic E-state index is 0.182. The predicted octanol–water partition coefficient (Wildman–Crippen LogP) is 2.87. The summed E-state index contributed by atoms with van der Waals surface area (Å²) in [6.45, 7) is 2.78. The van der Waals surface area contributed by atoms with Crippen LogP contribution >= 0.6 is 0 Å². The molecule has 0 bridgehead atoms. The van der Waals surface area contributed by atoms with E-state index in [1.807, 2.05) is 0 Å². The van der Waals surface area contributed by atoms with E-state index in [2.05, 4.69) is 12.2 Å². The molecule has 3 atom stereocenters. The van der Waals surface area contributed by atoms with E-state index in [9.17, 15) is 9.90 Å². The van der Waals surface area contributed by atoms with Crippen LogP contribution in [0.1, 0.15) is 64.7 Å². The lowest BCUT2D eigenvalue weighted by Crippen LogP contribution is -2.36. The van der Waals surface area contributed by atoms with E-state index < -0.39 is 0 Å². The highest BCUT2D eigenvalue weighted by atomic mass is 16.3. The van der Waals surface area contributed by atoms with Crippen molar-refractivity contribution in [1.29, 1.82) is 0 Å². The zero-order valence-corrected chi connectivity index (χ0v) is 12.2. The van der Waals surface area contributed by atoms with Gasteiger partial charge in [0.2, 0.25) is 5.91 Å². The van der Waals surface area contributed by atoms with Crippen LogP contribution in [0, 0.1) is 17.8 Å². The fourth-order valence-electron chi connectivity index (χ4n) is 3.74. The van der Waals surface area contributed by atoms with Crippen molar-refractivity contribution in [2.75, 3.05) is 6.54 Å². The Morgan fingerprint density at radius 3 is 2.53 bits per heavy atom. The number of carbonyl (C=O) groups is 1. The van der Waals surface area contributed by atoms with Crippen LogP contribution in [0.5, 0.6) is 0 Å². The van der Waals surface area contributed by atoms with Gasteiger partial charge in [0.25, 0.3) is 0 Å². The minimum atomic E-state index is -0.199. The molecule has 0 aliphatic heterocycles. The number of nitrogens with one attached hydrogen (secondary N) is 1. The number of rotatable bonds is 6. The Labute approximate surface area is 117 Å². The molecule has 2 fully saturated rings. The van der Waals surface area contributed by atoms with E-state index in [0.29, 0.717) is 6.54 Å². The summed E-state index contributed by atoms with van der Waals surface area (Å²) in [6.07, 6.45) is 10.2.